The summed E-state index contributed by atoms with van der Waals surface area (Å²) >= 11 is 0. The molecule has 0 saturated carbocycles. The third-order valence-electron chi connectivity index (χ3n) is 6.37. The van der Waals surface area contributed by atoms with E-state index in [-0.39, 0.29) is 18.9 Å². The Labute approximate surface area is 200 Å². The van der Waals surface area contributed by atoms with E-state index in [2.05, 4.69) is 22.8 Å². The number of hydrogen-bond donors (Lipinski definition) is 3. The van der Waals surface area contributed by atoms with Crippen LogP contribution in [0.5, 0.6) is 0 Å². The van der Waals surface area contributed by atoms with Gasteiger partial charge in [-0.15, -0.1) is 0 Å². The van der Waals surface area contributed by atoms with Crippen LogP contribution in [0.15, 0.2) is 48.5 Å². The van der Waals surface area contributed by atoms with Crippen molar-refractivity contribution in [2.45, 2.75) is 70.4 Å². The van der Waals surface area contributed by atoms with Crippen molar-refractivity contribution in [3.63, 3.8) is 0 Å². The average molecular weight is 467 g/mol. The molecular formula is C27H34N2O5. The second kappa shape index (κ2) is 11.2. The number of rotatable bonds is 11. The number of carbonyl (C=O) groups excluding carboxylic acids is 2. The Hall–Kier alpha value is -3.35. The molecule has 3 N–H and O–H groups in total. The number of benzene rings is 2. The van der Waals surface area contributed by atoms with Crippen molar-refractivity contribution in [1.82, 2.24) is 10.6 Å². The lowest BCUT2D eigenvalue weighted by Gasteiger charge is -2.31. The normalized spacial score (nSPS) is 14.9. The van der Waals surface area contributed by atoms with Gasteiger partial charge in [-0.05, 0) is 42.0 Å². The lowest BCUT2D eigenvalue weighted by atomic mass is 9.94. The van der Waals surface area contributed by atoms with Crippen LogP contribution in [0.2, 0.25) is 0 Å². The number of carboxylic acid groups (broad SMARTS) is 1. The Kier molecular flexibility index (Phi) is 8.31. The van der Waals surface area contributed by atoms with E-state index < -0.39 is 29.6 Å². The van der Waals surface area contributed by atoms with E-state index >= 15 is 0 Å². The van der Waals surface area contributed by atoms with Crippen LogP contribution in [0.3, 0.4) is 0 Å². The van der Waals surface area contributed by atoms with Crippen LogP contribution in [0.25, 0.3) is 11.1 Å². The molecular weight excluding hydrogens is 432 g/mol. The van der Waals surface area contributed by atoms with Crippen LogP contribution in [0, 0.1) is 0 Å². The molecule has 7 nitrogen and oxygen atoms in total. The van der Waals surface area contributed by atoms with Gasteiger partial charge in [0.2, 0.25) is 5.91 Å². The predicted molar refractivity (Wildman–Crippen MR) is 131 cm³/mol. The summed E-state index contributed by atoms with van der Waals surface area (Å²) < 4.78 is 5.62. The van der Waals surface area contributed by atoms with Crippen molar-refractivity contribution in [3.8, 4) is 11.1 Å². The van der Waals surface area contributed by atoms with Crippen LogP contribution in [-0.2, 0) is 14.3 Å². The summed E-state index contributed by atoms with van der Waals surface area (Å²) in [5.74, 6) is -1.45. The molecule has 0 spiro atoms. The number of hydrogen-bond acceptors (Lipinski definition) is 4. The molecule has 2 aromatic carbocycles. The average Bonchev–Trinajstić information content (AvgIpc) is 3.11. The largest absolute Gasteiger partial charge is 0.481 e. The first-order valence-electron chi connectivity index (χ1n) is 11.9. The van der Waals surface area contributed by atoms with Crippen LogP contribution in [0.1, 0.15) is 69.9 Å². The van der Waals surface area contributed by atoms with E-state index in [0.717, 1.165) is 28.7 Å². The second-order valence-electron chi connectivity index (χ2n) is 9.09. The Balaban J connectivity index is 1.68. The maximum absolute atomic E-state index is 13.1. The molecule has 3 rings (SSSR count). The summed E-state index contributed by atoms with van der Waals surface area (Å²) in [6.45, 7) is 5.66. The number of fused-ring (bicyclic) bond motifs is 3. The topological polar surface area (TPSA) is 105 Å². The van der Waals surface area contributed by atoms with Gasteiger partial charge in [0.15, 0.2) is 0 Å². The van der Waals surface area contributed by atoms with Gasteiger partial charge in [0, 0.05) is 12.0 Å². The van der Waals surface area contributed by atoms with Gasteiger partial charge >= 0.3 is 12.1 Å². The number of aliphatic carboxylic acids is 1. The van der Waals surface area contributed by atoms with E-state index in [0.29, 0.717) is 19.3 Å². The number of amides is 2. The van der Waals surface area contributed by atoms with Crippen LogP contribution >= 0.6 is 0 Å². The maximum atomic E-state index is 13.1. The number of carboxylic acids is 1. The molecule has 0 aromatic heterocycles. The fourth-order valence-electron chi connectivity index (χ4n) is 4.72. The molecule has 34 heavy (non-hydrogen) atoms. The molecule has 1 aliphatic carbocycles. The van der Waals surface area contributed by atoms with Gasteiger partial charge in [-0.2, -0.15) is 0 Å². The zero-order valence-corrected chi connectivity index (χ0v) is 20.1. The number of ether oxygens (including phenoxy) is 1. The van der Waals surface area contributed by atoms with E-state index in [1.165, 1.54) is 0 Å². The fourth-order valence-corrected chi connectivity index (χ4v) is 4.72. The molecule has 0 radical (unpaired) electrons. The molecule has 0 aliphatic heterocycles. The van der Waals surface area contributed by atoms with Crippen LogP contribution in [-0.4, -0.2) is 41.3 Å². The SMILES string of the molecule is CCC[C@@H](CC(=O)O)NC(=O)C(C)(CCC)NC(=O)OCC1c2ccccc2-c2ccccc21. The third-order valence-corrected chi connectivity index (χ3v) is 6.37. The first kappa shape index (κ1) is 25.3. The highest BCUT2D eigenvalue weighted by atomic mass is 16.5. The van der Waals surface area contributed by atoms with E-state index in [1.807, 2.05) is 50.2 Å². The number of nitrogens with one attached hydrogen (secondary N) is 2. The first-order chi connectivity index (χ1) is 16.3. The fraction of sp³-hybridized carbons (Fsp3) is 0.444. The first-order valence-corrected chi connectivity index (χ1v) is 11.9. The van der Waals surface area contributed by atoms with Gasteiger partial charge in [-0.3, -0.25) is 9.59 Å². The highest BCUT2D eigenvalue weighted by Crippen LogP contribution is 2.44. The highest BCUT2D eigenvalue weighted by molar-refractivity contribution is 5.90. The van der Waals surface area contributed by atoms with Crippen molar-refractivity contribution >= 4 is 18.0 Å². The van der Waals surface area contributed by atoms with Crippen LogP contribution in [0.4, 0.5) is 4.79 Å². The van der Waals surface area contributed by atoms with Gasteiger partial charge < -0.3 is 20.5 Å². The molecule has 0 saturated heterocycles. The maximum Gasteiger partial charge on any atom is 0.408 e. The molecule has 2 amide bonds. The Bertz CT molecular complexity index is 992. The van der Waals surface area contributed by atoms with Crippen LogP contribution < -0.4 is 10.6 Å². The van der Waals surface area contributed by atoms with Gasteiger partial charge in [0.25, 0.3) is 0 Å². The summed E-state index contributed by atoms with van der Waals surface area (Å²) in [5, 5.41) is 14.7. The molecule has 7 heteroatoms. The van der Waals surface area contributed by atoms with Gasteiger partial charge in [-0.25, -0.2) is 4.79 Å². The standard InChI is InChI=1S/C27H34N2O5/c1-4-10-18(16-24(30)31)28-25(32)27(3,15-5-2)29-26(33)34-17-23-21-13-8-6-11-19(21)20-12-7-9-14-22(20)23/h6-9,11-14,18,23H,4-5,10,15-17H2,1-3H3,(H,28,32)(H,29,33)(H,30,31)/t18-,27?/m0/s1. The van der Waals surface area contributed by atoms with Crippen molar-refractivity contribution in [3.05, 3.63) is 59.7 Å². The number of alkyl carbamates (subject to hydrolysis) is 1. The molecule has 1 unspecified atom stereocenters. The smallest absolute Gasteiger partial charge is 0.408 e. The minimum atomic E-state index is -1.21. The lowest BCUT2D eigenvalue weighted by Crippen LogP contribution is -2.58. The Morgan fingerprint density at radius 3 is 2.12 bits per heavy atom. The third kappa shape index (κ3) is 5.76. The Morgan fingerprint density at radius 2 is 1.59 bits per heavy atom. The summed E-state index contributed by atoms with van der Waals surface area (Å²) in [4.78, 5) is 37.0. The number of carbonyl (C=O) groups is 3. The second-order valence-corrected chi connectivity index (χ2v) is 9.09. The summed E-state index contributed by atoms with van der Waals surface area (Å²) in [5.41, 5.74) is 3.30. The minimum Gasteiger partial charge on any atom is -0.481 e. The zero-order chi connectivity index (χ0) is 24.7. The highest BCUT2D eigenvalue weighted by Gasteiger charge is 2.36. The van der Waals surface area contributed by atoms with Gasteiger partial charge in [-0.1, -0.05) is 75.2 Å². The molecule has 2 atom stereocenters. The van der Waals surface area contributed by atoms with Crippen molar-refractivity contribution in [1.29, 1.82) is 0 Å². The summed E-state index contributed by atoms with van der Waals surface area (Å²) in [6, 6.07) is 15.7. The van der Waals surface area contributed by atoms with Crippen molar-refractivity contribution < 1.29 is 24.2 Å². The van der Waals surface area contributed by atoms with Crippen molar-refractivity contribution in [2.75, 3.05) is 6.61 Å². The summed E-state index contributed by atoms with van der Waals surface area (Å²) in [7, 11) is 0. The molecule has 0 fully saturated rings. The van der Waals surface area contributed by atoms with E-state index in [4.69, 9.17) is 9.84 Å². The van der Waals surface area contributed by atoms with Gasteiger partial charge in [0.1, 0.15) is 12.1 Å². The molecule has 0 bridgehead atoms. The molecule has 182 valence electrons. The van der Waals surface area contributed by atoms with E-state index in [9.17, 15) is 14.4 Å². The quantitative estimate of drug-likeness (QED) is 0.439. The molecule has 2 aromatic rings. The lowest BCUT2D eigenvalue weighted by molar-refractivity contribution is -0.138. The van der Waals surface area contributed by atoms with Gasteiger partial charge in [0.05, 0.1) is 6.42 Å². The molecule has 0 heterocycles. The summed E-state index contributed by atoms with van der Waals surface area (Å²) in [6.07, 6.45) is 1.51. The van der Waals surface area contributed by atoms with E-state index in [1.54, 1.807) is 6.92 Å². The predicted octanol–water partition coefficient (Wildman–Crippen LogP) is 4.84. The minimum absolute atomic E-state index is 0.0751. The Morgan fingerprint density at radius 1 is 1.00 bits per heavy atom. The zero-order valence-electron chi connectivity index (χ0n) is 20.1. The van der Waals surface area contributed by atoms with Crippen molar-refractivity contribution in [2.24, 2.45) is 0 Å². The monoisotopic (exact) mass is 466 g/mol. The molecule has 1 aliphatic rings.